The number of hydrogen-bond acceptors (Lipinski definition) is 5. The van der Waals surface area contributed by atoms with Crippen molar-refractivity contribution in [2.75, 3.05) is 33.4 Å². The number of carbonyl (C=O) groups excluding carboxylic acids is 1. The van der Waals surface area contributed by atoms with E-state index < -0.39 is 10.0 Å². The summed E-state index contributed by atoms with van der Waals surface area (Å²) in [5.74, 6) is 0.739. The van der Waals surface area contributed by atoms with Crippen molar-refractivity contribution >= 4 is 27.5 Å². The molecule has 0 aliphatic carbocycles. The number of halogens is 1. The average Bonchev–Trinajstić information content (AvgIpc) is 2.77. The molecular formula is C21H25ClN2O5S. The van der Waals surface area contributed by atoms with Crippen LogP contribution in [-0.4, -0.2) is 52.6 Å². The Hall–Kier alpha value is -2.29. The van der Waals surface area contributed by atoms with Crippen LogP contribution in [0.15, 0.2) is 47.4 Å². The van der Waals surface area contributed by atoms with E-state index >= 15 is 0 Å². The summed E-state index contributed by atoms with van der Waals surface area (Å²) in [6.45, 7) is 1.56. The van der Waals surface area contributed by atoms with Gasteiger partial charge in [-0.25, -0.2) is 13.1 Å². The molecule has 30 heavy (non-hydrogen) atoms. The Bertz CT molecular complexity index is 973. The zero-order chi connectivity index (χ0) is 21.6. The van der Waals surface area contributed by atoms with Crippen LogP contribution < -0.4 is 14.2 Å². The number of rotatable bonds is 8. The second kappa shape index (κ2) is 10.1. The van der Waals surface area contributed by atoms with Gasteiger partial charge in [-0.1, -0.05) is 11.6 Å². The van der Waals surface area contributed by atoms with Crippen LogP contribution in [0.2, 0.25) is 5.02 Å². The molecule has 1 N–H and O–H groups in total. The predicted molar refractivity (Wildman–Crippen MR) is 115 cm³/mol. The summed E-state index contributed by atoms with van der Waals surface area (Å²) < 4.78 is 38.7. The van der Waals surface area contributed by atoms with Gasteiger partial charge in [0.1, 0.15) is 18.1 Å². The lowest BCUT2D eigenvalue weighted by Gasteiger charge is -2.27. The van der Waals surface area contributed by atoms with Gasteiger partial charge in [0.15, 0.2) is 0 Å². The number of amides is 1. The molecule has 1 amide bonds. The molecule has 0 bridgehead atoms. The van der Waals surface area contributed by atoms with Gasteiger partial charge >= 0.3 is 0 Å². The van der Waals surface area contributed by atoms with Crippen molar-refractivity contribution in [2.45, 2.75) is 24.2 Å². The van der Waals surface area contributed by atoms with Gasteiger partial charge in [-0.3, -0.25) is 4.79 Å². The van der Waals surface area contributed by atoms with Crippen molar-refractivity contribution in [2.24, 2.45) is 0 Å². The third-order valence-electron chi connectivity index (χ3n) is 4.83. The van der Waals surface area contributed by atoms with E-state index in [2.05, 4.69) is 4.72 Å². The topological polar surface area (TPSA) is 84.9 Å². The minimum atomic E-state index is -3.81. The highest BCUT2D eigenvalue weighted by Crippen LogP contribution is 2.25. The van der Waals surface area contributed by atoms with E-state index in [4.69, 9.17) is 21.1 Å². The zero-order valence-electron chi connectivity index (χ0n) is 16.8. The number of hydrogen-bond donors (Lipinski definition) is 1. The number of methoxy groups -OCH3 is 1. The maximum Gasteiger partial charge on any atom is 0.257 e. The number of nitrogens with zero attached hydrogens (tertiary/aromatic N) is 1. The van der Waals surface area contributed by atoms with Gasteiger partial charge in [-0.05, 0) is 61.7 Å². The van der Waals surface area contributed by atoms with Crippen LogP contribution in [0.5, 0.6) is 11.5 Å². The molecule has 0 atom stereocenters. The van der Waals surface area contributed by atoms with Crippen molar-refractivity contribution < 1.29 is 22.7 Å². The average molecular weight is 453 g/mol. The van der Waals surface area contributed by atoms with E-state index in [-0.39, 0.29) is 29.5 Å². The second-order valence-electron chi connectivity index (χ2n) is 6.92. The minimum absolute atomic E-state index is 0.00940. The normalized spacial score (nSPS) is 14.4. The maximum atomic E-state index is 12.9. The van der Waals surface area contributed by atoms with Crippen LogP contribution >= 0.6 is 11.6 Å². The smallest absolute Gasteiger partial charge is 0.257 e. The summed E-state index contributed by atoms with van der Waals surface area (Å²) >= 11 is 5.82. The van der Waals surface area contributed by atoms with Crippen molar-refractivity contribution in [3.63, 3.8) is 0 Å². The summed E-state index contributed by atoms with van der Waals surface area (Å²) in [4.78, 5) is 14.7. The minimum Gasteiger partial charge on any atom is -0.496 e. The van der Waals surface area contributed by atoms with Crippen molar-refractivity contribution in [1.29, 1.82) is 0 Å². The molecule has 2 aromatic carbocycles. The molecule has 3 rings (SSSR count). The third kappa shape index (κ3) is 5.65. The summed E-state index contributed by atoms with van der Waals surface area (Å²) in [5.41, 5.74) is 0.250. The number of ether oxygens (including phenoxy) is 2. The van der Waals surface area contributed by atoms with Crippen LogP contribution in [-0.2, 0) is 10.0 Å². The molecule has 7 nitrogen and oxygen atoms in total. The van der Waals surface area contributed by atoms with Gasteiger partial charge in [0.25, 0.3) is 5.91 Å². The first-order valence-corrected chi connectivity index (χ1v) is 11.6. The zero-order valence-corrected chi connectivity index (χ0v) is 18.3. The Morgan fingerprint density at radius 2 is 1.80 bits per heavy atom. The van der Waals surface area contributed by atoms with Crippen LogP contribution in [0.1, 0.15) is 29.6 Å². The molecule has 1 aliphatic rings. The number of likely N-dealkylation sites (tertiary alicyclic amines) is 1. The van der Waals surface area contributed by atoms with Crippen molar-refractivity contribution in [3.05, 3.63) is 53.1 Å². The summed E-state index contributed by atoms with van der Waals surface area (Å²) in [7, 11) is -2.35. The maximum absolute atomic E-state index is 12.9. The van der Waals surface area contributed by atoms with Gasteiger partial charge in [0.2, 0.25) is 10.0 Å². The Morgan fingerprint density at radius 1 is 1.10 bits per heavy atom. The first-order valence-electron chi connectivity index (χ1n) is 9.76. The molecule has 0 saturated carbocycles. The molecule has 9 heteroatoms. The Kier molecular flexibility index (Phi) is 7.58. The fourth-order valence-electron chi connectivity index (χ4n) is 3.25. The number of sulfonamides is 1. The molecule has 162 valence electrons. The lowest BCUT2D eigenvalue weighted by atomic mass is 10.1. The van der Waals surface area contributed by atoms with Crippen LogP contribution in [0.25, 0.3) is 0 Å². The number of benzene rings is 2. The molecule has 0 spiro atoms. The molecular weight excluding hydrogens is 428 g/mol. The number of nitrogens with one attached hydrogen (secondary N) is 1. The van der Waals surface area contributed by atoms with Gasteiger partial charge in [-0.15, -0.1) is 0 Å². The van der Waals surface area contributed by atoms with Gasteiger partial charge in [0, 0.05) is 24.7 Å². The van der Waals surface area contributed by atoms with E-state index in [1.807, 2.05) is 0 Å². The summed E-state index contributed by atoms with van der Waals surface area (Å²) in [5, 5.41) is 0.595. The molecule has 0 unspecified atom stereocenters. The summed E-state index contributed by atoms with van der Waals surface area (Å²) in [6.07, 6.45) is 2.99. The highest BCUT2D eigenvalue weighted by molar-refractivity contribution is 7.89. The fourth-order valence-corrected chi connectivity index (χ4v) is 4.41. The molecule has 1 aliphatic heterocycles. The lowest BCUT2D eigenvalue weighted by Crippen LogP contribution is -2.36. The SMILES string of the molecule is COc1ccc(S(=O)(=O)NCCOc2ccc(Cl)cc2)cc1C(=O)N1CCCCC1. The van der Waals surface area contributed by atoms with E-state index in [9.17, 15) is 13.2 Å². The van der Waals surface area contributed by atoms with E-state index in [0.29, 0.717) is 29.6 Å². The number of piperidine rings is 1. The van der Waals surface area contributed by atoms with Crippen LogP contribution in [0.4, 0.5) is 0 Å². The monoisotopic (exact) mass is 452 g/mol. The number of carbonyl (C=O) groups is 1. The van der Waals surface area contributed by atoms with E-state index in [0.717, 1.165) is 19.3 Å². The Morgan fingerprint density at radius 3 is 2.47 bits per heavy atom. The third-order valence-corrected chi connectivity index (χ3v) is 6.54. The summed E-state index contributed by atoms with van der Waals surface area (Å²) in [6, 6.07) is 11.1. The standard InChI is InChI=1S/C21H25ClN2O5S/c1-28-20-10-9-18(15-19(20)21(25)24-12-3-2-4-13-24)30(26,27)23-11-14-29-17-7-5-16(22)6-8-17/h5-10,15,23H,2-4,11-14H2,1H3. The predicted octanol–water partition coefficient (Wildman–Crippen LogP) is 3.33. The Labute approximate surface area is 182 Å². The lowest BCUT2D eigenvalue weighted by molar-refractivity contribution is 0.0720. The van der Waals surface area contributed by atoms with Gasteiger partial charge in [0.05, 0.1) is 17.6 Å². The van der Waals surface area contributed by atoms with Crippen LogP contribution in [0, 0.1) is 0 Å². The van der Waals surface area contributed by atoms with E-state index in [1.165, 1.54) is 25.3 Å². The highest BCUT2D eigenvalue weighted by atomic mass is 35.5. The van der Waals surface area contributed by atoms with E-state index in [1.54, 1.807) is 29.2 Å². The molecule has 0 aromatic heterocycles. The molecule has 1 heterocycles. The Balaban J connectivity index is 1.67. The molecule has 1 saturated heterocycles. The highest BCUT2D eigenvalue weighted by Gasteiger charge is 2.24. The molecule has 2 aromatic rings. The van der Waals surface area contributed by atoms with Gasteiger partial charge in [-0.2, -0.15) is 0 Å². The van der Waals surface area contributed by atoms with Crippen molar-refractivity contribution in [1.82, 2.24) is 9.62 Å². The fraction of sp³-hybridized carbons (Fsp3) is 0.381. The molecule has 1 fully saturated rings. The first kappa shape index (κ1) is 22.4. The quantitative estimate of drug-likeness (QED) is 0.621. The van der Waals surface area contributed by atoms with Crippen LogP contribution in [0.3, 0.4) is 0 Å². The first-order chi connectivity index (χ1) is 14.4. The second-order valence-corrected chi connectivity index (χ2v) is 9.12. The molecule has 0 radical (unpaired) electrons. The van der Waals surface area contributed by atoms with Crippen molar-refractivity contribution in [3.8, 4) is 11.5 Å². The van der Waals surface area contributed by atoms with Gasteiger partial charge < -0.3 is 14.4 Å². The largest absolute Gasteiger partial charge is 0.496 e.